The number of aliphatic carboxylic acids is 1. The van der Waals surface area contributed by atoms with Crippen molar-refractivity contribution in [2.75, 3.05) is 0 Å². The summed E-state index contributed by atoms with van der Waals surface area (Å²) in [6.45, 7) is 10.7. The zero-order valence-electron chi connectivity index (χ0n) is 14.4. The van der Waals surface area contributed by atoms with E-state index in [-0.39, 0.29) is 5.41 Å². The molecule has 0 fully saturated rings. The maximum absolute atomic E-state index is 10.5. The molecule has 0 spiro atoms. The fourth-order valence-corrected chi connectivity index (χ4v) is 2.88. The maximum atomic E-state index is 10.5. The van der Waals surface area contributed by atoms with Gasteiger partial charge in [0.2, 0.25) is 0 Å². The summed E-state index contributed by atoms with van der Waals surface area (Å²) < 4.78 is 0. The fraction of sp³-hybridized carbons (Fsp3) is 0.450. The molecular weight excluding hydrogens is 272 g/mol. The van der Waals surface area contributed by atoms with Crippen LogP contribution >= 0.6 is 0 Å². The highest BCUT2D eigenvalue weighted by molar-refractivity contribution is 5.81. The molecule has 0 aromatic rings. The Hall–Kier alpha value is -1.83. The molecule has 2 nitrogen and oxygen atoms in total. The average Bonchev–Trinajstić information content (AvgIpc) is 2.36. The largest absolute Gasteiger partial charge is 0.478 e. The summed E-state index contributed by atoms with van der Waals surface area (Å²) in [6, 6.07) is 0. The van der Waals surface area contributed by atoms with Crippen molar-refractivity contribution in [2.45, 2.75) is 53.9 Å². The van der Waals surface area contributed by atoms with Gasteiger partial charge in [0.05, 0.1) is 0 Å². The van der Waals surface area contributed by atoms with E-state index in [1.54, 1.807) is 13.0 Å². The first-order chi connectivity index (χ1) is 10.2. The first-order valence-corrected chi connectivity index (χ1v) is 7.87. The smallest absolute Gasteiger partial charge is 0.328 e. The second kappa shape index (κ2) is 7.98. The van der Waals surface area contributed by atoms with Crippen LogP contribution in [0.4, 0.5) is 0 Å². The molecule has 0 amide bonds. The van der Waals surface area contributed by atoms with Gasteiger partial charge in [0.15, 0.2) is 0 Å². The summed E-state index contributed by atoms with van der Waals surface area (Å²) in [4.78, 5) is 10.5. The van der Waals surface area contributed by atoms with Gasteiger partial charge in [-0.2, -0.15) is 0 Å². The number of allylic oxidation sites excluding steroid dienone is 9. The summed E-state index contributed by atoms with van der Waals surface area (Å²) in [5.41, 5.74) is 5.09. The second-order valence-electron chi connectivity index (χ2n) is 6.76. The molecule has 0 bridgehead atoms. The van der Waals surface area contributed by atoms with Gasteiger partial charge in [-0.1, -0.05) is 55.4 Å². The Kier molecular flexibility index (Phi) is 6.61. The highest BCUT2D eigenvalue weighted by Crippen LogP contribution is 2.40. The van der Waals surface area contributed by atoms with E-state index in [9.17, 15) is 4.79 Å². The van der Waals surface area contributed by atoms with E-state index in [4.69, 9.17) is 5.11 Å². The molecule has 0 unspecified atom stereocenters. The Morgan fingerprint density at radius 2 is 1.86 bits per heavy atom. The van der Waals surface area contributed by atoms with Crippen molar-refractivity contribution in [3.8, 4) is 0 Å². The lowest BCUT2D eigenvalue weighted by molar-refractivity contribution is -0.131. The highest BCUT2D eigenvalue weighted by Gasteiger charge is 2.26. The average molecular weight is 300 g/mol. The van der Waals surface area contributed by atoms with E-state index in [0.29, 0.717) is 0 Å². The van der Waals surface area contributed by atoms with Crippen LogP contribution < -0.4 is 0 Å². The molecule has 1 N–H and O–H groups in total. The Labute approximate surface area is 134 Å². The monoisotopic (exact) mass is 300 g/mol. The zero-order valence-corrected chi connectivity index (χ0v) is 14.4. The summed E-state index contributed by atoms with van der Waals surface area (Å²) in [6.07, 6.45) is 15.0. The lowest BCUT2D eigenvalue weighted by Crippen LogP contribution is -2.19. The zero-order chi connectivity index (χ0) is 16.8. The third kappa shape index (κ3) is 5.88. The van der Waals surface area contributed by atoms with Gasteiger partial charge in [-0.05, 0) is 56.6 Å². The van der Waals surface area contributed by atoms with Gasteiger partial charge in [0.25, 0.3) is 0 Å². The third-order valence-electron chi connectivity index (χ3n) is 4.12. The Morgan fingerprint density at radius 3 is 2.45 bits per heavy atom. The van der Waals surface area contributed by atoms with Crippen LogP contribution in [0.15, 0.2) is 58.7 Å². The number of hydrogen-bond donors (Lipinski definition) is 1. The van der Waals surface area contributed by atoms with Gasteiger partial charge in [-0.15, -0.1) is 0 Å². The van der Waals surface area contributed by atoms with Gasteiger partial charge in [0.1, 0.15) is 0 Å². The van der Waals surface area contributed by atoms with E-state index >= 15 is 0 Å². The molecule has 1 rings (SSSR count). The van der Waals surface area contributed by atoms with Crippen LogP contribution in [-0.2, 0) is 4.79 Å². The highest BCUT2D eigenvalue weighted by atomic mass is 16.4. The lowest BCUT2D eigenvalue weighted by Gasteiger charge is -2.32. The molecule has 22 heavy (non-hydrogen) atoms. The summed E-state index contributed by atoms with van der Waals surface area (Å²) in [5, 5.41) is 8.65. The molecule has 1 aliphatic carbocycles. The number of carbonyl (C=O) groups is 1. The molecule has 0 atom stereocenters. The number of carboxylic acids is 1. The van der Waals surface area contributed by atoms with Crippen LogP contribution in [0.2, 0.25) is 0 Å². The molecule has 0 saturated heterocycles. The Bertz CT molecular complexity index is 567. The van der Waals surface area contributed by atoms with Crippen molar-refractivity contribution < 1.29 is 9.90 Å². The fourth-order valence-electron chi connectivity index (χ4n) is 2.88. The van der Waals surface area contributed by atoms with Crippen molar-refractivity contribution in [2.24, 2.45) is 5.41 Å². The van der Waals surface area contributed by atoms with Crippen molar-refractivity contribution >= 4 is 5.97 Å². The van der Waals surface area contributed by atoms with Gasteiger partial charge in [-0.25, -0.2) is 4.79 Å². The second-order valence-corrected chi connectivity index (χ2v) is 6.76. The van der Waals surface area contributed by atoms with Crippen LogP contribution in [0.25, 0.3) is 0 Å². The van der Waals surface area contributed by atoms with Crippen molar-refractivity contribution in [1.82, 2.24) is 0 Å². The van der Waals surface area contributed by atoms with E-state index in [0.717, 1.165) is 11.1 Å². The third-order valence-corrected chi connectivity index (χ3v) is 4.12. The number of rotatable bonds is 5. The number of hydrogen-bond acceptors (Lipinski definition) is 1. The van der Waals surface area contributed by atoms with E-state index < -0.39 is 5.97 Å². The molecule has 0 aromatic heterocycles. The van der Waals surface area contributed by atoms with Crippen LogP contribution in [0.3, 0.4) is 0 Å². The minimum Gasteiger partial charge on any atom is -0.478 e. The van der Waals surface area contributed by atoms with E-state index in [2.05, 4.69) is 39.8 Å². The molecule has 120 valence electrons. The summed E-state index contributed by atoms with van der Waals surface area (Å²) >= 11 is 0. The predicted molar refractivity (Wildman–Crippen MR) is 93.8 cm³/mol. The standard InChI is InChI=1S/C20H28O2/c1-15(8-6-9-16(2)14-19(21)22)11-12-18-17(3)10-7-13-20(18,4)5/h6,8-9,11-12,14H,7,10,13H2,1-5H3,(H,21,22)/b9-6?,12-11+,15-8+,16-14?. The lowest BCUT2D eigenvalue weighted by atomic mass is 9.72. The molecular formula is C20H28O2. The predicted octanol–water partition coefficient (Wildman–Crippen LogP) is 5.60. The van der Waals surface area contributed by atoms with Gasteiger partial charge in [-0.3, -0.25) is 0 Å². The van der Waals surface area contributed by atoms with Crippen LogP contribution in [-0.4, -0.2) is 11.1 Å². The first kappa shape index (κ1) is 18.2. The quantitative estimate of drug-likeness (QED) is 0.530. The minimum atomic E-state index is -0.912. The minimum absolute atomic E-state index is 0.260. The molecule has 0 aliphatic heterocycles. The molecule has 1 aliphatic rings. The summed E-state index contributed by atoms with van der Waals surface area (Å²) in [5.74, 6) is -0.912. The van der Waals surface area contributed by atoms with Gasteiger partial charge in [0, 0.05) is 6.08 Å². The van der Waals surface area contributed by atoms with Crippen LogP contribution in [0.1, 0.15) is 53.9 Å². The van der Waals surface area contributed by atoms with Crippen molar-refractivity contribution in [1.29, 1.82) is 0 Å². The van der Waals surface area contributed by atoms with E-state index in [1.165, 1.54) is 36.5 Å². The molecule has 0 aromatic carbocycles. The molecule has 0 saturated carbocycles. The first-order valence-electron chi connectivity index (χ1n) is 7.87. The van der Waals surface area contributed by atoms with Crippen LogP contribution in [0, 0.1) is 5.41 Å². The van der Waals surface area contributed by atoms with Gasteiger partial charge < -0.3 is 5.11 Å². The number of carboxylic acid groups (broad SMARTS) is 1. The Balaban J connectivity index is 2.79. The summed E-state index contributed by atoms with van der Waals surface area (Å²) in [7, 11) is 0. The molecule has 0 heterocycles. The van der Waals surface area contributed by atoms with Crippen LogP contribution in [0.5, 0.6) is 0 Å². The molecule has 2 heteroatoms. The van der Waals surface area contributed by atoms with Gasteiger partial charge >= 0.3 is 5.97 Å². The van der Waals surface area contributed by atoms with Crippen molar-refractivity contribution in [3.63, 3.8) is 0 Å². The normalized spacial score (nSPS) is 20.2. The SMILES string of the molecule is CC(C=C/C=C(C)/C=C/C1=C(C)CCCC1(C)C)=CC(=O)O. The Morgan fingerprint density at radius 1 is 1.18 bits per heavy atom. The van der Waals surface area contributed by atoms with E-state index in [1.807, 2.05) is 12.2 Å². The molecule has 0 radical (unpaired) electrons. The topological polar surface area (TPSA) is 37.3 Å². The van der Waals surface area contributed by atoms with Crippen molar-refractivity contribution in [3.05, 3.63) is 58.7 Å². The maximum Gasteiger partial charge on any atom is 0.328 e.